The van der Waals surface area contributed by atoms with Crippen LogP contribution in [0.3, 0.4) is 0 Å². The molecule has 100 valence electrons. The Kier molecular flexibility index (Phi) is 3.08. The number of furan rings is 1. The molecule has 6 nitrogen and oxygen atoms in total. The van der Waals surface area contributed by atoms with Gasteiger partial charge in [-0.15, -0.1) is 0 Å². The van der Waals surface area contributed by atoms with E-state index in [2.05, 4.69) is 15.5 Å². The molecule has 1 atom stereocenters. The van der Waals surface area contributed by atoms with Crippen LogP contribution in [0.1, 0.15) is 17.4 Å². The fourth-order valence-corrected chi connectivity index (χ4v) is 2.28. The van der Waals surface area contributed by atoms with E-state index >= 15 is 0 Å². The van der Waals surface area contributed by atoms with E-state index < -0.39 is 0 Å². The molecule has 0 radical (unpaired) electrons. The molecule has 1 saturated heterocycles. The van der Waals surface area contributed by atoms with Crippen molar-refractivity contribution in [2.75, 3.05) is 19.6 Å². The molecule has 1 aliphatic heterocycles. The maximum atomic E-state index is 12.4. The van der Waals surface area contributed by atoms with Crippen molar-refractivity contribution in [2.45, 2.75) is 13.0 Å². The van der Waals surface area contributed by atoms with Gasteiger partial charge in [-0.3, -0.25) is 9.89 Å². The summed E-state index contributed by atoms with van der Waals surface area (Å²) in [4.78, 5) is 14.2. The highest BCUT2D eigenvalue weighted by Crippen LogP contribution is 2.19. The summed E-state index contributed by atoms with van der Waals surface area (Å²) >= 11 is 0. The second kappa shape index (κ2) is 4.89. The van der Waals surface area contributed by atoms with Crippen LogP contribution in [0, 0.1) is 0 Å². The van der Waals surface area contributed by atoms with Crippen LogP contribution in [-0.2, 0) is 0 Å². The van der Waals surface area contributed by atoms with Gasteiger partial charge in [-0.25, -0.2) is 0 Å². The highest BCUT2D eigenvalue weighted by Gasteiger charge is 2.25. The second-order valence-corrected chi connectivity index (χ2v) is 4.70. The predicted molar refractivity (Wildman–Crippen MR) is 69.7 cm³/mol. The van der Waals surface area contributed by atoms with Crippen molar-refractivity contribution in [2.24, 2.45) is 0 Å². The van der Waals surface area contributed by atoms with Crippen molar-refractivity contribution < 1.29 is 9.21 Å². The minimum absolute atomic E-state index is 0.0388. The molecule has 0 aliphatic carbocycles. The second-order valence-electron chi connectivity index (χ2n) is 4.70. The summed E-state index contributed by atoms with van der Waals surface area (Å²) in [6.07, 6.45) is 1.59. The van der Waals surface area contributed by atoms with Crippen LogP contribution in [0.2, 0.25) is 0 Å². The van der Waals surface area contributed by atoms with E-state index in [1.807, 2.05) is 17.9 Å². The predicted octanol–water partition coefficient (Wildman–Crippen LogP) is 1.10. The van der Waals surface area contributed by atoms with Gasteiger partial charge in [0.25, 0.3) is 5.91 Å². The molecule has 19 heavy (non-hydrogen) atoms. The van der Waals surface area contributed by atoms with Crippen LogP contribution in [0.5, 0.6) is 0 Å². The number of aromatic nitrogens is 2. The Bertz CT molecular complexity index is 561. The molecular formula is C13H16N4O2. The number of carbonyl (C=O) groups is 1. The molecular weight excluding hydrogens is 244 g/mol. The topological polar surface area (TPSA) is 74.2 Å². The molecule has 2 aromatic rings. The summed E-state index contributed by atoms with van der Waals surface area (Å²) in [5, 5.41) is 10.2. The van der Waals surface area contributed by atoms with Gasteiger partial charge >= 0.3 is 0 Å². The van der Waals surface area contributed by atoms with E-state index in [0.29, 0.717) is 18.0 Å². The molecule has 3 rings (SSSR count). The third-order valence-electron chi connectivity index (χ3n) is 3.35. The van der Waals surface area contributed by atoms with Gasteiger partial charge in [0.2, 0.25) is 0 Å². The van der Waals surface area contributed by atoms with Crippen molar-refractivity contribution >= 4 is 5.91 Å². The van der Waals surface area contributed by atoms with Gasteiger partial charge < -0.3 is 14.6 Å². The number of aromatic amines is 1. The largest absolute Gasteiger partial charge is 0.463 e. The summed E-state index contributed by atoms with van der Waals surface area (Å²) in [7, 11) is 0. The number of hydrogen-bond acceptors (Lipinski definition) is 4. The van der Waals surface area contributed by atoms with Crippen molar-refractivity contribution in [3.05, 3.63) is 30.2 Å². The van der Waals surface area contributed by atoms with Gasteiger partial charge in [0.15, 0.2) is 11.5 Å². The molecule has 1 aliphatic rings. The van der Waals surface area contributed by atoms with E-state index in [-0.39, 0.29) is 11.9 Å². The highest BCUT2D eigenvalue weighted by molar-refractivity contribution is 5.93. The number of piperazine rings is 1. The molecule has 0 bridgehead atoms. The molecule has 2 N–H and O–H groups in total. The molecule has 6 heteroatoms. The fraction of sp³-hybridized carbons (Fsp3) is 0.385. The number of nitrogens with one attached hydrogen (secondary N) is 2. The quantitative estimate of drug-likeness (QED) is 0.848. The smallest absolute Gasteiger partial charge is 0.274 e. The van der Waals surface area contributed by atoms with Gasteiger partial charge in [-0.2, -0.15) is 5.10 Å². The lowest BCUT2D eigenvalue weighted by molar-refractivity contribution is 0.0649. The van der Waals surface area contributed by atoms with Crippen LogP contribution in [0.25, 0.3) is 11.5 Å². The van der Waals surface area contributed by atoms with Crippen LogP contribution in [-0.4, -0.2) is 46.7 Å². The highest BCUT2D eigenvalue weighted by atomic mass is 16.3. The Hall–Kier alpha value is -2.08. The lowest BCUT2D eigenvalue weighted by Gasteiger charge is -2.33. The number of carbonyl (C=O) groups excluding carboxylic acids is 1. The average molecular weight is 260 g/mol. The van der Waals surface area contributed by atoms with Crippen LogP contribution >= 0.6 is 0 Å². The van der Waals surface area contributed by atoms with E-state index in [1.54, 1.807) is 18.4 Å². The van der Waals surface area contributed by atoms with E-state index in [4.69, 9.17) is 4.42 Å². The molecule has 0 aromatic carbocycles. The van der Waals surface area contributed by atoms with Crippen molar-refractivity contribution in [3.8, 4) is 11.5 Å². The van der Waals surface area contributed by atoms with Crippen molar-refractivity contribution in [1.29, 1.82) is 0 Å². The zero-order chi connectivity index (χ0) is 13.2. The molecule has 1 fully saturated rings. The van der Waals surface area contributed by atoms with Gasteiger partial charge in [0.05, 0.1) is 6.26 Å². The lowest BCUT2D eigenvalue weighted by atomic mass is 10.2. The third-order valence-corrected chi connectivity index (χ3v) is 3.35. The van der Waals surface area contributed by atoms with Gasteiger partial charge in [0, 0.05) is 31.7 Å². The summed E-state index contributed by atoms with van der Waals surface area (Å²) in [5.74, 6) is 0.642. The Balaban J connectivity index is 1.80. The van der Waals surface area contributed by atoms with Gasteiger partial charge in [0.1, 0.15) is 5.69 Å². The molecule has 0 saturated carbocycles. The summed E-state index contributed by atoms with van der Waals surface area (Å²) in [5.41, 5.74) is 1.15. The fourth-order valence-electron chi connectivity index (χ4n) is 2.28. The Morgan fingerprint density at radius 1 is 1.58 bits per heavy atom. The minimum atomic E-state index is -0.0388. The number of amides is 1. The van der Waals surface area contributed by atoms with E-state index in [0.717, 1.165) is 18.8 Å². The standard InChI is InChI=1S/C13H16N4O2/c1-9-8-14-4-5-17(9)13(18)11-7-10(15-16-11)12-3-2-6-19-12/h2-3,6-7,9,14H,4-5,8H2,1H3,(H,15,16)/t9-/m1/s1. The maximum absolute atomic E-state index is 12.4. The molecule has 2 aromatic heterocycles. The first-order chi connectivity index (χ1) is 9.25. The first-order valence-electron chi connectivity index (χ1n) is 6.36. The summed E-state index contributed by atoms with van der Waals surface area (Å²) < 4.78 is 5.27. The number of H-pyrrole nitrogens is 1. The van der Waals surface area contributed by atoms with E-state index in [9.17, 15) is 4.79 Å². The SMILES string of the molecule is C[C@@H]1CNCCN1C(=O)c1cc(-c2ccco2)[nH]n1. The molecule has 0 spiro atoms. The summed E-state index contributed by atoms with van der Waals surface area (Å²) in [6.45, 7) is 4.39. The van der Waals surface area contributed by atoms with Gasteiger partial charge in [-0.1, -0.05) is 0 Å². The number of nitrogens with zero attached hydrogens (tertiary/aromatic N) is 2. The molecule has 3 heterocycles. The Morgan fingerprint density at radius 2 is 2.47 bits per heavy atom. The van der Waals surface area contributed by atoms with E-state index in [1.165, 1.54) is 0 Å². The zero-order valence-corrected chi connectivity index (χ0v) is 10.7. The molecule has 0 unspecified atom stereocenters. The average Bonchev–Trinajstić information content (AvgIpc) is 3.09. The van der Waals surface area contributed by atoms with Crippen LogP contribution < -0.4 is 5.32 Å². The van der Waals surface area contributed by atoms with Gasteiger partial charge in [-0.05, 0) is 19.1 Å². The van der Waals surface area contributed by atoms with Crippen molar-refractivity contribution in [3.63, 3.8) is 0 Å². The zero-order valence-electron chi connectivity index (χ0n) is 10.7. The third kappa shape index (κ3) is 2.26. The normalized spacial score (nSPS) is 19.6. The summed E-state index contributed by atoms with van der Waals surface area (Å²) in [6, 6.07) is 5.55. The first kappa shape index (κ1) is 12.0. The lowest BCUT2D eigenvalue weighted by Crippen LogP contribution is -2.52. The number of hydrogen-bond donors (Lipinski definition) is 2. The molecule has 1 amide bonds. The number of rotatable bonds is 2. The van der Waals surface area contributed by atoms with Crippen molar-refractivity contribution in [1.82, 2.24) is 20.4 Å². The Morgan fingerprint density at radius 3 is 3.21 bits per heavy atom. The maximum Gasteiger partial charge on any atom is 0.274 e. The minimum Gasteiger partial charge on any atom is -0.463 e. The monoisotopic (exact) mass is 260 g/mol. The van der Waals surface area contributed by atoms with Crippen LogP contribution in [0.15, 0.2) is 28.9 Å². The first-order valence-corrected chi connectivity index (χ1v) is 6.36. The van der Waals surface area contributed by atoms with Crippen LogP contribution in [0.4, 0.5) is 0 Å². The Labute approximate surface area is 110 Å².